The van der Waals surface area contributed by atoms with Gasteiger partial charge in [0.1, 0.15) is 0 Å². The van der Waals surface area contributed by atoms with E-state index in [0.29, 0.717) is 11.3 Å². The molecule has 0 atom stereocenters. The van der Waals surface area contributed by atoms with Gasteiger partial charge in [-0.3, -0.25) is 9.78 Å². The van der Waals surface area contributed by atoms with Gasteiger partial charge in [0.25, 0.3) is 0 Å². The fourth-order valence-electron chi connectivity index (χ4n) is 0.842. The first kappa shape index (κ1) is 9.82. The number of aromatic nitrogens is 1. The number of carbonyl (C=O) groups is 1. The Bertz CT molecular complexity index is 376. The second kappa shape index (κ2) is 4.68. The molecule has 1 heterocycles. The highest BCUT2D eigenvalue weighted by Crippen LogP contribution is 2.01. The van der Waals surface area contributed by atoms with Crippen LogP contribution < -0.4 is 0 Å². The van der Waals surface area contributed by atoms with Crippen LogP contribution in [0, 0.1) is 11.8 Å². The minimum absolute atomic E-state index is 0.00187. The van der Waals surface area contributed by atoms with E-state index in [4.69, 9.17) is 0 Å². The first-order valence-electron chi connectivity index (χ1n) is 3.80. The largest absolute Gasteiger partial charge is 0.294 e. The van der Waals surface area contributed by atoms with E-state index < -0.39 is 0 Å². The average molecular weight is 191 g/mol. The quantitative estimate of drug-likeness (QED) is 0.415. The maximum Gasteiger partial charge on any atom is 0.161 e. The number of ketones is 1. The molecule has 0 bridgehead atoms. The van der Waals surface area contributed by atoms with Crippen LogP contribution >= 0.6 is 12.6 Å². The summed E-state index contributed by atoms with van der Waals surface area (Å²) >= 11 is 3.96. The van der Waals surface area contributed by atoms with Crippen LogP contribution in [0.15, 0.2) is 18.5 Å². The Hall–Kier alpha value is -1.27. The molecule has 0 N–H and O–H groups in total. The summed E-state index contributed by atoms with van der Waals surface area (Å²) < 4.78 is 0. The molecular formula is C10H9NOS. The number of thiol groups is 1. The summed E-state index contributed by atoms with van der Waals surface area (Å²) in [6.45, 7) is 1.51. The van der Waals surface area contributed by atoms with Crippen molar-refractivity contribution in [1.29, 1.82) is 0 Å². The summed E-state index contributed by atoms with van der Waals surface area (Å²) in [6, 6.07) is 1.73. The first-order valence-corrected chi connectivity index (χ1v) is 4.43. The molecule has 0 saturated carbocycles. The van der Waals surface area contributed by atoms with E-state index in [0.717, 1.165) is 5.56 Å². The molecule has 1 aromatic rings. The molecule has 0 fully saturated rings. The molecule has 0 unspecified atom stereocenters. The maximum atomic E-state index is 11.0. The molecule has 0 aliphatic carbocycles. The van der Waals surface area contributed by atoms with Gasteiger partial charge in [-0.1, -0.05) is 11.8 Å². The van der Waals surface area contributed by atoms with Crippen LogP contribution in [0.25, 0.3) is 0 Å². The zero-order valence-electron chi connectivity index (χ0n) is 7.24. The maximum absolute atomic E-state index is 11.0. The molecule has 13 heavy (non-hydrogen) atoms. The van der Waals surface area contributed by atoms with Crippen LogP contribution in [0.3, 0.4) is 0 Å². The van der Waals surface area contributed by atoms with Crippen LogP contribution in [0.4, 0.5) is 0 Å². The Morgan fingerprint density at radius 1 is 1.62 bits per heavy atom. The third kappa shape index (κ3) is 2.92. The Kier molecular flexibility index (Phi) is 3.53. The molecule has 0 radical (unpaired) electrons. The molecule has 0 aliphatic rings. The third-order valence-electron chi connectivity index (χ3n) is 1.46. The van der Waals surface area contributed by atoms with Crippen molar-refractivity contribution >= 4 is 18.4 Å². The highest BCUT2D eigenvalue weighted by atomic mass is 32.1. The number of carbonyl (C=O) groups excluding carboxylic acids is 1. The Labute approximate surface area is 82.8 Å². The summed E-state index contributed by atoms with van der Waals surface area (Å²) in [5.41, 5.74) is 1.34. The van der Waals surface area contributed by atoms with E-state index in [1.165, 1.54) is 13.1 Å². The van der Waals surface area contributed by atoms with E-state index >= 15 is 0 Å². The molecule has 1 rings (SSSR count). The van der Waals surface area contributed by atoms with Crippen molar-refractivity contribution < 1.29 is 4.79 Å². The molecule has 2 nitrogen and oxygen atoms in total. The smallest absolute Gasteiger partial charge is 0.161 e. The average Bonchev–Trinajstić information content (AvgIpc) is 2.15. The Balaban J connectivity index is 2.98. The minimum atomic E-state index is 0.00187. The van der Waals surface area contributed by atoms with Gasteiger partial charge in [0.2, 0.25) is 0 Å². The predicted molar refractivity (Wildman–Crippen MR) is 55.0 cm³/mol. The number of Topliss-reactive ketones (excluding diaryl/α,β-unsaturated/α-hetero) is 1. The molecule has 0 aliphatic heterocycles. The van der Waals surface area contributed by atoms with Crippen LogP contribution in [-0.2, 0) is 0 Å². The monoisotopic (exact) mass is 191 g/mol. The lowest BCUT2D eigenvalue weighted by atomic mass is 10.1. The zero-order chi connectivity index (χ0) is 9.68. The number of rotatable bonds is 1. The van der Waals surface area contributed by atoms with E-state index in [9.17, 15) is 4.79 Å². The third-order valence-corrected chi connectivity index (χ3v) is 1.61. The van der Waals surface area contributed by atoms with Crippen LogP contribution in [0.2, 0.25) is 0 Å². The highest BCUT2D eigenvalue weighted by molar-refractivity contribution is 7.80. The summed E-state index contributed by atoms with van der Waals surface area (Å²) in [4.78, 5) is 14.9. The number of nitrogens with zero attached hydrogens (tertiary/aromatic N) is 1. The fourth-order valence-corrected chi connectivity index (χ4v) is 0.921. The van der Waals surface area contributed by atoms with Gasteiger partial charge in [-0.2, -0.15) is 12.6 Å². The Morgan fingerprint density at radius 3 is 3.00 bits per heavy atom. The second-order valence-corrected chi connectivity index (χ2v) is 2.79. The van der Waals surface area contributed by atoms with Gasteiger partial charge in [-0.25, -0.2) is 0 Å². The van der Waals surface area contributed by atoms with Crippen LogP contribution in [0.5, 0.6) is 0 Å². The molecule has 3 heteroatoms. The van der Waals surface area contributed by atoms with Gasteiger partial charge in [-0.15, -0.1) is 0 Å². The van der Waals surface area contributed by atoms with Gasteiger partial charge in [0.15, 0.2) is 5.78 Å². The summed E-state index contributed by atoms with van der Waals surface area (Å²) in [7, 11) is 0. The van der Waals surface area contributed by atoms with Crippen molar-refractivity contribution in [3.8, 4) is 11.8 Å². The van der Waals surface area contributed by atoms with Crippen molar-refractivity contribution in [1.82, 2.24) is 4.98 Å². The van der Waals surface area contributed by atoms with Crippen molar-refractivity contribution in [3.63, 3.8) is 0 Å². The molecule has 0 spiro atoms. The van der Waals surface area contributed by atoms with Crippen LogP contribution in [-0.4, -0.2) is 16.5 Å². The van der Waals surface area contributed by atoms with Gasteiger partial charge in [-0.05, 0) is 13.0 Å². The summed E-state index contributed by atoms with van der Waals surface area (Å²) in [5.74, 6) is 6.15. The highest BCUT2D eigenvalue weighted by Gasteiger charge is 1.98. The van der Waals surface area contributed by atoms with E-state index in [1.54, 1.807) is 12.3 Å². The molecule has 0 saturated heterocycles. The van der Waals surface area contributed by atoms with Gasteiger partial charge in [0.05, 0.1) is 5.75 Å². The summed E-state index contributed by atoms with van der Waals surface area (Å²) in [6.07, 6.45) is 3.16. The normalized spacial score (nSPS) is 8.77. The number of pyridine rings is 1. The molecule has 0 amide bonds. The Morgan fingerprint density at radius 2 is 2.38 bits per heavy atom. The minimum Gasteiger partial charge on any atom is -0.294 e. The topological polar surface area (TPSA) is 30.0 Å². The molecule has 1 aromatic heterocycles. The lowest BCUT2D eigenvalue weighted by Gasteiger charge is -1.94. The fraction of sp³-hybridized carbons (Fsp3) is 0.200. The lowest BCUT2D eigenvalue weighted by Crippen LogP contribution is -1.93. The van der Waals surface area contributed by atoms with Gasteiger partial charge in [0, 0.05) is 23.5 Å². The van der Waals surface area contributed by atoms with Crippen molar-refractivity contribution in [2.24, 2.45) is 0 Å². The van der Waals surface area contributed by atoms with Gasteiger partial charge >= 0.3 is 0 Å². The lowest BCUT2D eigenvalue weighted by molar-refractivity contribution is 0.101. The zero-order valence-corrected chi connectivity index (χ0v) is 8.14. The van der Waals surface area contributed by atoms with Crippen molar-refractivity contribution in [2.75, 3.05) is 5.75 Å². The predicted octanol–water partition coefficient (Wildman–Crippen LogP) is 1.57. The molecular weight excluding hydrogens is 182 g/mol. The number of hydrogen-bond donors (Lipinski definition) is 1. The van der Waals surface area contributed by atoms with E-state index in [2.05, 4.69) is 29.5 Å². The van der Waals surface area contributed by atoms with E-state index in [-0.39, 0.29) is 5.78 Å². The standard InChI is InChI=1S/C10H9NOS/c1-8(12)10-5-9(3-2-4-13)6-11-7-10/h5-7,13H,4H2,1H3. The molecule has 0 aromatic carbocycles. The SMILES string of the molecule is CC(=O)c1cncc(C#CCS)c1. The van der Waals surface area contributed by atoms with Gasteiger partial charge < -0.3 is 0 Å². The second-order valence-electron chi connectivity index (χ2n) is 2.48. The summed E-state index contributed by atoms with van der Waals surface area (Å²) in [5, 5.41) is 0. The first-order chi connectivity index (χ1) is 6.24. The van der Waals surface area contributed by atoms with Crippen molar-refractivity contribution in [3.05, 3.63) is 29.6 Å². The number of hydrogen-bond acceptors (Lipinski definition) is 3. The van der Waals surface area contributed by atoms with Crippen LogP contribution in [0.1, 0.15) is 22.8 Å². The van der Waals surface area contributed by atoms with Crippen molar-refractivity contribution in [2.45, 2.75) is 6.92 Å². The van der Waals surface area contributed by atoms with E-state index in [1.807, 2.05) is 0 Å². The molecule has 66 valence electrons.